The number of amides is 2. The fourth-order valence-electron chi connectivity index (χ4n) is 6.11. The maximum atomic E-state index is 12.5. The summed E-state index contributed by atoms with van der Waals surface area (Å²) in [7, 11) is 1.54. The van der Waals surface area contributed by atoms with E-state index in [1.54, 1.807) is 25.3 Å². The Bertz CT molecular complexity index is 717. The van der Waals surface area contributed by atoms with Gasteiger partial charge in [0, 0.05) is 12.1 Å². The molecule has 4 aliphatic rings. The monoisotopic (exact) mass is 407 g/mol. The number of rotatable bonds is 6. The standard InChI is InChI=1S/C21H29N3O3.ClH/c1-27-18-3-2-16(7-17(18)22)24-20(26)12-23-19(25)11-21-8-13-4-14(9-21)6-15(5-13)10-21;/h2-3,7,13-15H,4-6,8-12,22H2,1H3,(H,23,25)(H,24,26);1H. The maximum Gasteiger partial charge on any atom is 0.243 e. The van der Waals surface area contributed by atoms with Gasteiger partial charge >= 0.3 is 0 Å². The van der Waals surface area contributed by atoms with Crippen LogP contribution in [0.3, 0.4) is 0 Å². The van der Waals surface area contributed by atoms with Gasteiger partial charge in [-0.25, -0.2) is 0 Å². The molecule has 0 saturated heterocycles. The molecule has 0 aromatic heterocycles. The summed E-state index contributed by atoms with van der Waals surface area (Å²) < 4.78 is 5.10. The van der Waals surface area contributed by atoms with Crippen molar-refractivity contribution in [3.8, 4) is 5.75 Å². The first-order valence-corrected chi connectivity index (χ1v) is 9.95. The number of nitrogen functional groups attached to an aromatic ring is 1. The van der Waals surface area contributed by atoms with Gasteiger partial charge in [0.2, 0.25) is 11.8 Å². The van der Waals surface area contributed by atoms with Gasteiger partial charge < -0.3 is 21.1 Å². The fourth-order valence-corrected chi connectivity index (χ4v) is 6.11. The summed E-state index contributed by atoms with van der Waals surface area (Å²) in [5.74, 6) is 2.80. The SMILES string of the molecule is COc1ccc(NC(=O)CNC(=O)CC23CC4CC(CC(C4)C2)C3)cc1N.Cl. The molecule has 4 aliphatic carbocycles. The van der Waals surface area contributed by atoms with E-state index in [-0.39, 0.29) is 36.2 Å². The molecule has 5 rings (SSSR count). The van der Waals surface area contributed by atoms with Crippen molar-refractivity contribution in [3.63, 3.8) is 0 Å². The average molecular weight is 408 g/mol. The maximum absolute atomic E-state index is 12.5. The Labute approximate surface area is 172 Å². The van der Waals surface area contributed by atoms with Gasteiger partial charge in [-0.2, -0.15) is 0 Å². The van der Waals surface area contributed by atoms with Gasteiger partial charge in [0.1, 0.15) is 5.75 Å². The quantitative estimate of drug-likeness (QED) is 0.630. The van der Waals surface area contributed by atoms with Gasteiger partial charge in [0.15, 0.2) is 0 Å². The Morgan fingerprint density at radius 3 is 2.25 bits per heavy atom. The van der Waals surface area contributed by atoms with Crippen LogP contribution >= 0.6 is 12.4 Å². The number of ether oxygens (including phenoxy) is 1. The van der Waals surface area contributed by atoms with Crippen LogP contribution in [0.1, 0.15) is 44.9 Å². The fraction of sp³-hybridized carbons (Fsp3) is 0.619. The van der Waals surface area contributed by atoms with Gasteiger partial charge in [0.25, 0.3) is 0 Å². The van der Waals surface area contributed by atoms with Crippen LogP contribution in [-0.4, -0.2) is 25.5 Å². The molecule has 4 fully saturated rings. The van der Waals surface area contributed by atoms with Crippen molar-refractivity contribution in [1.82, 2.24) is 5.32 Å². The number of hydrogen-bond acceptors (Lipinski definition) is 4. The second-order valence-corrected chi connectivity index (χ2v) is 8.88. The Morgan fingerprint density at radius 2 is 1.71 bits per heavy atom. The minimum atomic E-state index is -0.251. The summed E-state index contributed by atoms with van der Waals surface area (Å²) >= 11 is 0. The first kappa shape index (κ1) is 20.8. The van der Waals surface area contributed by atoms with Crippen LogP contribution in [0.4, 0.5) is 11.4 Å². The minimum absolute atomic E-state index is 0. The molecular formula is C21H30ClN3O3. The Hall–Kier alpha value is -1.95. The Kier molecular flexibility index (Phi) is 6.08. The lowest BCUT2D eigenvalue weighted by Gasteiger charge is -2.56. The van der Waals surface area contributed by atoms with Crippen LogP contribution in [-0.2, 0) is 9.59 Å². The molecule has 0 unspecified atom stereocenters. The third kappa shape index (κ3) is 4.37. The second kappa shape index (κ2) is 8.19. The van der Waals surface area contributed by atoms with Crippen LogP contribution in [0.5, 0.6) is 5.75 Å². The van der Waals surface area contributed by atoms with Crippen LogP contribution in [0.15, 0.2) is 18.2 Å². The van der Waals surface area contributed by atoms with Gasteiger partial charge in [-0.3, -0.25) is 9.59 Å². The third-order valence-corrected chi connectivity index (χ3v) is 6.66. The van der Waals surface area contributed by atoms with Crippen molar-refractivity contribution in [3.05, 3.63) is 18.2 Å². The summed E-state index contributed by atoms with van der Waals surface area (Å²) in [6, 6.07) is 5.08. The molecule has 154 valence electrons. The Morgan fingerprint density at radius 1 is 1.11 bits per heavy atom. The molecule has 7 heteroatoms. The number of anilines is 2. The zero-order valence-electron chi connectivity index (χ0n) is 16.3. The number of methoxy groups -OCH3 is 1. The van der Waals surface area contributed by atoms with Crippen molar-refractivity contribution in [1.29, 1.82) is 0 Å². The highest BCUT2D eigenvalue weighted by atomic mass is 35.5. The molecule has 1 aromatic rings. The van der Waals surface area contributed by atoms with E-state index >= 15 is 0 Å². The molecule has 0 heterocycles. The number of hydrogen-bond donors (Lipinski definition) is 3. The number of benzene rings is 1. The van der Waals surface area contributed by atoms with E-state index in [2.05, 4.69) is 10.6 Å². The van der Waals surface area contributed by atoms with Gasteiger partial charge in [-0.05, 0) is 79.9 Å². The smallest absolute Gasteiger partial charge is 0.243 e. The van der Waals surface area contributed by atoms with Crippen molar-refractivity contribution in [2.24, 2.45) is 23.2 Å². The Balaban J connectivity index is 0.00000225. The molecule has 4 saturated carbocycles. The van der Waals surface area contributed by atoms with E-state index in [4.69, 9.17) is 10.5 Å². The summed E-state index contributed by atoms with van der Waals surface area (Å²) in [4.78, 5) is 24.6. The summed E-state index contributed by atoms with van der Waals surface area (Å²) in [5.41, 5.74) is 7.09. The largest absolute Gasteiger partial charge is 0.495 e. The van der Waals surface area contributed by atoms with E-state index < -0.39 is 0 Å². The second-order valence-electron chi connectivity index (χ2n) is 8.88. The van der Waals surface area contributed by atoms with Crippen molar-refractivity contribution < 1.29 is 14.3 Å². The highest BCUT2D eigenvalue weighted by molar-refractivity contribution is 5.95. The molecular weight excluding hydrogens is 378 g/mol. The highest BCUT2D eigenvalue weighted by Crippen LogP contribution is 2.61. The summed E-state index contributed by atoms with van der Waals surface area (Å²) in [6.45, 7) is -0.0167. The molecule has 4 N–H and O–H groups in total. The van der Waals surface area contributed by atoms with Crippen LogP contribution < -0.4 is 21.1 Å². The molecule has 28 heavy (non-hydrogen) atoms. The van der Waals surface area contributed by atoms with Crippen molar-refractivity contribution in [2.45, 2.75) is 44.9 Å². The highest BCUT2D eigenvalue weighted by Gasteiger charge is 2.51. The van der Waals surface area contributed by atoms with Crippen LogP contribution in [0, 0.1) is 23.2 Å². The molecule has 1 aromatic carbocycles. The van der Waals surface area contributed by atoms with Crippen molar-refractivity contribution in [2.75, 3.05) is 24.7 Å². The molecule has 6 nitrogen and oxygen atoms in total. The van der Waals surface area contributed by atoms with E-state index in [0.717, 1.165) is 17.8 Å². The number of halogens is 1. The predicted molar refractivity (Wildman–Crippen MR) is 112 cm³/mol. The molecule has 2 amide bonds. The topological polar surface area (TPSA) is 93.5 Å². The first-order chi connectivity index (χ1) is 12.9. The lowest BCUT2D eigenvalue weighted by Crippen LogP contribution is -2.48. The summed E-state index contributed by atoms with van der Waals surface area (Å²) in [5, 5.41) is 5.57. The van der Waals surface area contributed by atoms with Gasteiger partial charge in [-0.1, -0.05) is 0 Å². The third-order valence-electron chi connectivity index (χ3n) is 6.66. The van der Waals surface area contributed by atoms with E-state index in [1.807, 2.05) is 0 Å². The molecule has 0 aliphatic heterocycles. The first-order valence-electron chi connectivity index (χ1n) is 9.95. The molecule has 0 spiro atoms. The van der Waals surface area contributed by atoms with E-state index in [0.29, 0.717) is 23.5 Å². The lowest BCUT2D eigenvalue weighted by atomic mass is 9.49. The predicted octanol–water partition coefficient (Wildman–Crippen LogP) is 3.36. The lowest BCUT2D eigenvalue weighted by molar-refractivity contribution is -0.131. The van der Waals surface area contributed by atoms with Gasteiger partial charge in [0.05, 0.1) is 19.3 Å². The number of carbonyl (C=O) groups excluding carboxylic acids is 2. The summed E-state index contributed by atoms with van der Waals surface area (Å²) in [6.07, 6.45) is 8.27. The normalized spacial score (nSPS) is 29.7. The van der Waals surface area contributed by atoms with Crippen molar-refractivity contribution >= 4 is 35.6 Å². The van der Waals surface area contributed by atoms with Gasteiger partial charge in [-0.15, -0.1) is 12.4 Å². The van der Waals surface area contributed by atoms with E-state index in [1.165, 1.54) is 38.5 Å². The average Bonchev–Trinajstić information content (AvgIpc) is 2.58. The van der Waals surface area contributed by atoms with E-state index in [9.17, 15) is 9.59 Å². The minimum Gasteiger partial charge on any atom is -0.495 e. The zero-order chi connectivity index (χ0) is 19.0. The van der Waals surface area contributed by atoms with Crippen LogP contribution in [0.2, 0.25) is 0 Å². The number of nitrogens with one attached hydrogen (secondary N) is 2. The molecule has 0 atom stereocenters. The molecule has 4 bridgehead atoms. The zero-order valence-corrected chi connectivity index (χ0v) is 17.1. The number of nitrogens with two attached hydrogens (primary N) is 1. The van der Waals surface area contributed by atoms with Crippen LogP contribution in [0.25, 0.3) is 0 Å². The molecule has 0 radical (unpaired) electrons. The number of carbonyl (C=O) groups is 2.